The van der Waals surface area contributed by atoms with Crippen LogP contribution in [0, 0.1) is 0 Å². The number of hydrogen-bond acceptors (Lipinski definition) is 3. The summed E-state index contributed by atoms with van der Waals surface area (Å²) >= 11 is 1.69. The second kappa shape index (κ2) is 6.86. The monoisotopic (exact) mass is 349 g/mol. The van der Waals surface area contributed by atoms with Crippen molar-refractivity contribution in [3.05, 3.63) is 28.7 Å². The van der Waals surface area contributed by atoms with E-state index in [2.05, 4.69) is 10.6 Å². The Hall–Kier alpha value is -1.64. The van der Waals surface area contributed by atoms with Gasteiger partial charge in [-0.2, -0.15) is 24.9 Å². The number of aromatic nitrogens is 1. The number of anilines is 1. The fourth-order valence-electron chi connectivity index (χ4n) is 2.38. The van der Waals surface area contributed by atoms with Gasteiger partial charge in [0.05, 0.1) is 0 Å². The zero-order valence-electron chi connectivity index (χ0n) is 12.6. The van der Waals surface area contributed by atoms with Crippen LogP contribution in [-0.4, -0.2) is 34.3 Å². The summed E-state index contributed by atoms with van der Waals surface area (Å²) in [6.45, 7) is -0.928. The summed E-state index contributed by atoms with van der Waals surface area (Å²) in [5.74, 6) is 0. The highest BCUT2D eigenvalue weighted by Crippen LogP contribution is 2.42. The minimum atomic E-state index is -4.50. The van der Waals surface area contributed by atoms with Crippen LogP contribution in [-0.2, 0) is 6.54 Å². The molecule has 0 unspecified atom stereocenters. The van der Waals surface area contributed by atoms with Gasteiger partial charge in [0.1, 0.15) is 12.2 Å². The van der Waals surface area contributed by atoms with Crippen molar-refractivity contribution in [2.24, 2.45) is 0 Å². The average molecular weight is 349 g/mol. The molecule has 1 heterocycles. The molecule has 1 aliphatic carbocycles. The number of halogens is 3. The second-order valence-corrected chi connectivity index (χ2v) is 6.79. The van der Waals surface area contributed by atoms with Crippen LogP contribution in [0.1, 0.15) is 19.3 Å². The zero-order valence-corrected chi connectivity index (χ0v) is 13.4. The Morgan fingerprint density at radius 3 is 2.65 bits per heavy atom. The largest absolute Gasteiger partial charge is 0.406 e. The number of carbonyl (C=O) groups is 1. The highest BCUT2D eigenvalue weighted by molar-refractivity contribution is 8.00. The first kappa shape index (κ1) is 17.7. The normalized spacial score (nSPS) is 16.5. The molecule has 2 amide bonds. The van der Waals surface area contributed by atoms with E-state index in [9.17, 15) is 22.8 Å². The summed E-state index contributed by atoms with van der Waals surface area (Å²) < 4.78 is 37.7. The molecular weight excluding hydrogens is 331 g/mol. The molecule has 9 heteroatoms. The molecular formula is C14H18F3N3O2S. The fraction of sp³-hybridized carbons (Fsp3) is 0.571. The molecule has 0 bridgehead atoms. The van der Waals surface area contributed by atoms with Crippen LogP contribution in [0.3, 0.4) is 0 Å². The smallest absolute Gasteiger partial charge is 0.336 e. The first-order valence-corrected chi connectivity index (χ1v) is 8.33. The molecule has 0 saturated heterocycles. The molecule has 2 rings (SSSR count). The summed E-state index contributed by atoms with van der Waals surface area (Å²) in [7, 11) is 0. The van der Waals surface area contributed by atoms with Crippen LogP contribution in [0.4, 0.5) is 23.7 Å². The Morgan fingerprint density at radius 2 is 2.13 bits per heavy atom. The number of thioether (sulfide) groups is 1. The lowest BCUT2D eigenvalue weighted by atomic mass is 9.84. The summed E-state index contributed by atoms with van der Waals surface area (Å²) in [5, 5.41) is 5.00. The van der Waals surface area contributed by atoms with E-state index in [1.54, 1.807) is 11.8 Å². The maximum Gasteiger partial charge on any atom is 0.406 e. The van der Waals surface area contributed by atoms with Gasteiger partial charge in [-0.25, -0.2) is 4.79 Å². The number of pyridine rings is 1. The molecule has 0 radical (unpaired) electrons. The van der Waals surface area contributed by atoms with Crippen molar-refractivity contribution in [1.82, 2.24) is 9.88 Å². The van der Waals surface area contributed by atoms with Crippen LogP contribution < -0.4 is 16.2 Å². The Morgan fingerprint density at radius 1 is 1.43 bits per heavy atom. The van der Waals surface area contributed by atoms with Gasteiger partial charge in [-0.3, -0.25) is 4.79 Å². The number of nitrogens with zero attached hydrogens (tertiary/aromatic N) is 1. The number of amides is 2. The van der Waals surface area contributed by atoms with Crippen molar-refractivity contribution in [3.63, 3.8) is 0 Å². The van der Waals surface area contributed by atoms with Crippen LogP contribution >= 0.6 is 11.8 Å². The SMILES string of the molecule is CSC1(CNC(=O)Nc2cccn(CC(F)(F)F)c2=O)CCC1. The third kappa shape index (κ3) is 4.66. The van der Waals surface area contributed by atoms with Crippen LogP contribution in [0.25, 0.3) is 0 Å². The number of carbonyl (C=O) groups excluding carboxylic acids is 1. The Bertz CT molecular complexity index is 621. The van der Waals surface area contributed by atoms with Crippen LogP contribution in [0.15, 0.2) is 23.1 Å². The average Bonchev–Trinajstić information content (AvgIpc) is 2.41. The van der Waals surface area contributed by atoms with Crippen molar-refractivity contribution < 1.29 is 18.0 Å². The molecule has 0 aromatic carbocycles. The second-order valence-electron chi connectivity index (χ2n) is 5.52. The minimum Gasteiger partial charge on any atom is -0.336 e. The van der Waals surface area contributed by atoms with Crippen molar-refractivity contribution in [2.45, 2.75) is 36.7 Å². The van der Waals surface area contributed by atoms with Gasteiger partial charge in [0.15, 0.2) is 0 Å². The third-order valence-electron chi connectivity index (χ3n) is 3.89. The van der Waals surface area contributed by atoms with E-state index in [0.717, 1.165) is 25.5 Å². The van der Waals surface area contributed by atoms with Gasteiger partial charge in [0, 0.05) is 17.5 Å². The van der Waals surface area contributed by atoms with E-state index < -0.39 is 24.3 Å². The van der Waals surface area contributed by atoms with Gasteiger partial charge >= 0.3 is 12.2 Å². The van der Waals surface area contributed by atoms with Gasteiger partial charge < -0.3 is 15.2 Å². The highest BCUT2D eigenvalue weighted by atomic mass is 32.2. The standard InChI is InChI=1S/C14H18F3N3O2S/c1-23-13(5-3-6-13)8-18-12(22)19-10-4-2-7-20(11(10)21)9-14(15,16)17/h2,4,7H,3,5-6,8-9H2,1H3,(H2,18,19,22). The first-order chi connectivity index (χ1) is 10.7. The predicted molar refractivity (Wildman–Crippen MR) is 83.9 cm³/mol. The molecule has 128 valence electrons. The fourth-order valence-corrected chi connectivity index (χ4v) is 3.30. The molecule has 1 aromatic heterocycles. The summed E-state index contributed by atoms with van der Waals surface area (Å²) in [4.78, 5) is 23.8. The van der Waals surface area contributed by atoms with Crippen molar-refractivity contribution in [2.75, 3.05) is 18.1 Å². The molecule has 1 aliphatic rings. The Kier molecular flexibility index (Phi) is 5.28. The number of nitrogens with one attached hydrogen (secondary N) is 2. The minimum absolute atomic E-state index is 0.0323. The number of rotatable bonds is 5. The van der Waals surface area contributed by atoms with Gasteiger partial charge in [-0.15, -0.1) is 0 Å². The molecule has 1 fully saturated rings. The van der Waals surface area contributed by atoms with Crippen LogP contribution in [0.5, 0.6) is 0 Å². The number of alkyl halides is 3. The number of hydrogen-bond donors (Lipinski definition) is 2. The third-order valence-corrected chi connectivity index (χ3v) is 5.31. The van der Waals surface area contributed by atoms with E-state index >= 15 is 0 Å². The Labute approximate surface area is 135 Å². The predicted octanol–water partition coefficient (Wildman–Crippen LogP) is 2.82. The molecule has 23 heavy (non-hydrogen) atoms. The van der Waals surface area contributed by atoms with E-state index in [-0.39, 0.29) is 10.4 Å². The number of urea groups is 1. The van der Waals surface area contributed by atoms with E-state index in [4.69, 9.17) is 0 Å². The molecule has 0 spiro atoms. The maximum absolute atomic E-state index is 12.4. The quantitative estimate of drug-likeness (QED) is 0.859. The van der Waals surface area contributed by atoms with Crippen molar-refractivity contribution in [3.8, 4) is 0 Å². The van der Waals surface area contributed by atoms with E-state index in [1.165, 1.54) is 12.1 Å². The van der Waals surface area contributed by atoms with Crippen molar-refractivity contribution >= 4 is 23.5 Å². The van der Waals surface area contributed by atoms with Crippen molar-refractivity contribution in [1.29, 1.82) is 0 Å². The highest BCUT2D eigenvalue weighted by Gasteiger charge is 2.36. The summed E-state index contributed by atoms with van der Waals surface area (Å²) in [6, 6.07) is 1.98. The van der Waals surface area contributed by atoms with Crippen LogP contribution in [0.2, 0.25) is 0 Å². The molecule has 0 aliphatic heterocycles. The zero-order chi connectivity index (χ0) is 17.1. The molecule has 1 saturated carbocycles. The van der Waals surface area contributed by atoms with E-state index in [0.29, 0.717) is 11.1 Å². The molecule has 2 N–H and O–H groups in total. The summed E-state index contributed by atoms with van der Waals surface area (Å²) in [5.41, 5.74) is -1.07. The topological polar surface area (TPSA) is 63.1 Å². The molecule has 1 aromatic rings. The van der Waals surface area contributed by atoms with Gasteiger partial charge in [0.2, 0.25) is 0 Å². The summed E-state index contributed by atoms with van der Waals surface area (Å²) in [6.07, 6.45) is 1.66. The lowest BCUT2D eigenvalue weighted by Crippen LogP contribution is -2.46. The molecule has 5 nitrogen and oxygen atoms in total. The lowest BCUT2D eigenvalue weighted by molar-refractivity contribution is -0.141. The van der Waals surface area contributed by atoms with Gasteiger partial charge in [-0.05, 0) is 31.2 Å². The first-order valence-electron chi connectivity index (χ1n) is 7.11. The lowest BCUT2D eigenvalue weighted by Gasteiger charge is -2.40. The molecule has 0 atom stereocenters. The van der Waals surface area contributed by atoms with Gasteiger partial charge in [0.25, 0.3) is 5.56 Å². The Balaban J connectivity index is 1.98. The van der Waals surface area contributed by atoms with Gasteiger partial charge in [-0.1, -0.05) is 6.42 Å². The maximum atomic E-state index is 12.4. The van der Waals surface area contributed by atoms with E-state index in [1.807, 2.05) is 6.26 Å².